The number of nitrogens with zero attached hydrogens (tertiary/aromatic N) is 1. The lowest BCUT2D eigenvalue weighted by molar-refractivity contribution is -0.147. The first-order valence-electron chi connectivity index (χ1n) is 10.3. The van der Waals surface area contributed by atoms with E-state index in [1.54, 1.807) is 12.1 Å². The topological polar surface area (TPSA) is 92.8 Å². The van der Waals surface area contributed by atoms with Crippen LogP contribution in [0, 0.1) is 5.92 Å². The van der Waals surface area contributed by atoms with Crippen LogP contribution in [-0.4, -0.2) is 47.3 Å². The summed E-state index contributed by atoms with van der Waals surface area (Å²) < 4.78 is 5.03. The summed E-state index contributed by atoms with van der Waals surface area (Å²) in [5.41, 5.74) is 0.694. The molecule has 1 N–H and O–H groups in total. The minimum Gasteiger partial charge on any atom is -0.456 e. The molecule has 1 aromatic rings. The van der Waals surface area contributed by atoms with Crippen molar-refractivity contribution in [2.75, 3.05) is 13.2 Å². The molecular weight excluding hydrogens is 372 g/mol. The molecule has 1 aliphatic carbocycles. The number of aryl methyl sites for hydroxylation is 1. The fraction of sp³-hybridized carbons (Fsp3) is 0.545. The molecule has 0 aromatic heterocycles. The Kier molecular flexibility index (Phi) is 6.35. The Bertz CT molecular complexity index is 804. The van der Waals surface area contributed by atoms with Crippen molar-refractivity contribution < 1.29 is 23.9 Å². The lowest BCUT2D eigenvalue weighted by atomic mass is 9.73. The van der Waals surface area contributed by atoms with E-state index in [2.05, 4.69) is 12.2 Å². The highest BCUT2D eigenvalue weighted by atomic mass is 16.5. The van der Waals surface area contributed by atoms with Gasteiger partial charge in [0.1, 0.15) is 12.1 Å². The molecule has 0 radical (unpaired) electrons. The van der Waals surface area contributed by atoms with Crippen molar-refractivity contribution in [2.45, 2.75) is 57.9 Å². The summed E-state index contributed by atoms with van der Waals surface area (Å²) in [6.07, 6.45) is 5.28. The largest absolute Gasteiger partial charge is 0.456 e. The number of nitrogens with one attached hydrogen (secondary N) is 1. The number of carbonyl (C=O) groups excluding carboxylic acids is 4. The van der Waals surface area contributed by atoms with Gasteiger partial charge in [-0.15, -0.1) is 0 Å². The van der Waals surface area contributed by atoms with Crippen molar-refractivity contribution in [3.63, 3.8) is 0 Å². The van der Waals surface area contributed by atoms with Gasteiger partial charge >= 0.3 is 12.0 Å². The van der Waals surface area contributed by atoms with E-state index < -0.39 is 30.7 Å². The molecule has 2 fully saturated rings. The van der Waals surface area contributed by atoms with Crippen LogP contribution in [0.15, 0.2) is 24.3 Å². The Hall–Kier alpha value is -2.70. The molecule has 2 atom stereocenters. The second-order valence-electron chi connectivity index (χ2n) is 7.97. The highest BCUT2D eigenvalue weighted by molar-refractivity contribution is 6.09. The zero-order valence-corrected chi connectivity index (χ0v) is 17.0. The first-order valence-corrected chi connectivity index (χ1v) is 10.3. The predicted octanol–water partition coefficient (Wildman–Crippen LogP) is 2.87. The molecule has 1 aromatic carbocycles. The molecule has 7 heteroatoms. The standard InChI is InChI=1S/C22H28N2O5/c1-3-6-16-8-10-17(11-9-16)18(25)14-29-19(26)13-24-20(27)22(23-21(24)28)12-5-4-7-15(22)2/h8-11,15H,3-7,12-14H2,1-2H3,(H,23,28)/t15-,22+/m0/s1. The Labute approximate surface area is 170 Å². The van der Waals surface area contributed by atoms with Crippen LogP contribution < -0.4 is 5.32 Å². The molecule has 1 spiro atoms. The highest BCUT2D eigenvalue weighted by Crippen LogP contribution is 2.38. The average Bonchev–Trinajstić information content (AvgIpc) is 2.94. The van der Waals surface area contributed by atoms with Gasteiger partial charge in [0.05, 0.1) is 0 Å². The Morgan fingerprint density at radius 3 is 2.59 bits per heavy atom. The highest BCUT2D eigenvalue weighted by Gasteiger charge is 2.55. The quantitative estimate of drug-likeness (QED) is 0.432. The zero-order valence-electron chi connectivity index (χ0n) is 17.0. The van der Waals surface area contributed by atoms with Gasteiger partial charge in [0.15, 0.2) is 12.4 Å². The van der Waals surface area contributed by atoms with Gasteiger partial charge in [-0.1, -0.05) is 57.4 Å². The molecule has 1 aliphatic heterocycles. The summed E-state index contributed by atoms with van der Waals surface area (Å²) in [4.78, 5) is 50.5. The minimum absolute atomic E-state index is 0.0194. The molecular formula is C22H28N2O5. The van der Waals surface area contributed by atoms with E-state index in [1.807, 2.05) is 19.1 Å². The van der Waals surface area contributed by atoms with E-state index in [0.29, 0.717) is 12.0 Å². The third-order valence-corrected chi connectivity index (χ3v) is 5.97. The van der Waals surface area contributed by atoms with Gasteiger partial charge < -0.3 is 10.1 Å². The van der Waals surface area contributed by atoms with Gasteiger partial charge in [-0.3, -0.25) is 19.3 Å². The summed E-state index contributed by atoms with van der Waals surface area (Å²) in [5.74, 6) is -1.45. The van der Waals surface area contributed by atoms with E-state index in [-0.39, 0.29) is 17.6 Å². The van der Waals surface area contributed by atoms with Gasteiger partial charge in [0.2, 0.25) is 0 Å². The van der Waals surface area contributed by atoms with Crippen LogP contribution in [0.1, 0.15) is 61.9 Å². The first-order chi connectivity index (χ1) is 13.9. The summed E-state index contributed by atoms with van der Waals surface area (Å²) in [7, 11) is 0. The fourth-order valence-corrected chi connectivity index (χ4v) is 4.19. The van der Waals surface area contributed by atoms with Crippen LogP contribution in [0.3, 0.4) is 0 Å². The van der Waals surface area contributed by atoms with Crippen LogP contribution in [-0.2, 0) is 20.7 Å². The summed E-state index contributed by atoms with van der Waals surface area (Å²) in [6, 6.07) is 6.63. The first kappa shape index (κ1) is 21.0. The smallest absolute Gasteiger partial charge is 0.326 e. The van der Waals surface area contributed by atoms with Crippen molar-refractivity contribution in [1.29, 1.82) is 0 Å². The maximum absolute atomic E-state index is 12.9. The molecule has 7 nitrogen and oxygen atoms in total. The van der Waals surface area contributed by atoms with Crippen LogP contribution in [0.25, 0.3) is 0 Å². The van der Waals surface area contributed by atoms with Crippen LogP contribution in [0.2, 0.25) is 0 Å². The zero-order chi connectivity index (χ0) is 21.0. The predicted molar refractivity (Wildman–Crippen MR) is 106 cm³/mol. The number of benzene rings is 1. The maximum Gasteiger partial charge on any atom is 0.326 e. The van der Waals surface area contributed by atoms with Crippen LogP contribution >= 0.6 is 0 Å². The molecule has 0 unspecified atom stereocenters. The molecule has 156 valence electrons. The van der Waals surface area contributed by atoms with Crippen molar-refractivity contribution >= 4 is 23.7 Å². The van der Waals surface area contributed by atoms with E-state index in [9.17, 15) is 19.2 Å². The second-order valence-corrected chi connectivity index (χ2v) is 7.97. The van der Waals surface area contributed by atoms with Gasteiger partial charge in [0, 0.05) is 5.56 Å². The number of carbonyl (C=O) groups is 4. The molecule has 3 amide bonds. The third kappa shape index (κ3) is 4.33. The Morgan fingerprint density at radius 1 is 1.21 bits per heavy atom. The van der Waals surface area contributed by atoms with E-state index in [4.69, 9.17) is 4.74 Å². The number of ketones is 1. The molecule has 3 rings (SSSR count). The number of hydrogen-bond acceptors (Lipinski definition) is 5. The van der Waals surface area contributed by atoms with Crippen LogP contribution in [0.4, 0.5) is 4.79 Å². The third-order valence-electron chi connectivity index (χ3n) is 5.97. The SMILES string of the molecule is CCCc1ccc(C(=O)COC(=O)CN2C(=O)N[C@@]3(CCCC[C@@H]3C)C2=O)cc1. The number of esters is 1. The van der Waals surface area contributed by atoms with Crippen LogP contribution in [0.5, 0.6) is 0 Å². The summed E-state index contributed by atoms with van der Waals surface area (Å²) >= 11 is 0. The fourth-order valence-electron chi connectivity index (χ4n) is 4.19. The minimum atomic E-state index is -0.911. The summed E-state index contributed by atoms with van der Waals surface area (Å²) in [6.45, 7) is 3.13. The monoisotopic (exact) mass is 400 g/mol. The number of rotatable bonds is 7. The van der Waals surface area contributed by atoms with Crippen molar-refractivity contribution in [2.24, 2.45) is 5.92 Å². The summed E-state index contributed by atoms with van der Waals surface area (Å²) in [5, 5.41) is 2.79. The van der Waals surface area contributed by atoms with Gasteiger partial charge in [-0.2, -0.15) is 0 Å². The number of ether oxygens (including phenoxy) is 1. The van der Waals surface area contributed by atoms with E-state index in [0.717, 1.165) is 42.6 Å². The molecule has 2 aliphatic rings. The number of imide groups is 1. The van der Waals surface area contributed by atoms with E-state index in [1.165, 1.54) is 0 Å². The lowest BCUT2D eigenvalue weighted by Crippen LogP contribution is -2.54. The molecule has 1 saturated heterocycles. The normalized spacial score (nSPS) is 23.9. The molecule has 1 heterocycles. The number of hydrogen-bond donors (Lipinski definition) is 1. The van der Waals surface area contributed by atoms with Gasteiger partial charge in [-0.05, 0) is 30.7 Å². The maximum atomic E-state index is 12.9. The average molecular weight is 400 g/mol. The number of Topliss-reactive ketones (excluding diaryl/α,β-unsaturated/α-hetero) is 1. The molecule has 1 saturated carbocycles. The van der Waals surface area contributed by atoms with Gasteiger partial charge in [0.25, 0.3) is 5.91 Å². The number of urea groups is 1. The van der Waals surface area contributed by atoms with Crippen molar-refractivity contribution in [3.05, 3.63) is 35.4 Å². The van der Waals surface area contributed by atoms with Gasteiger partial charge in [-0.25, -0.2) is 4.79 Å². The Morgan fingerprint density at radius 2 is 1.93 bits per heavy atom. The molecule has 0 bridgehead atoms. The second kappa shape index (κ2) is 8.76. The van der Waals surface area contributed by atoms with E-state index >= 15 is 0 Å². The Balaban J connectivity index is 1.54. The van der Waals surface area contributed by atoms with Crippen molar-refractivity contribution in [3.8, 4) is 0 Å². The van der Waals surface area contributed by atoms with Crippen molar-refractivity contribution in [1.82, 2.24) is 10.2 Å². The lowest BCUT2D eigenvalue weighted by Gasteiger charge is -2.36. The molecule has 29 heavy (non-hydrogen) atoms. The number of amides is 3.